The second-order valence-corrected chi connectivity index (χ2v) is 8.90. The van der Waals surface area contributed by atoms with E-state index in [2.05, 4.69) is 10.3 Å². The molecule has 1 aliphatic rings. The summed E-state index contributed by atoms with van der Waals surface area (Å²) in [6, 6.07) is 16.6. The fourth-order valence-corrected chi connectivity index (χ4v) is 3.96. The van der Waals surface area contributed by atoms with Gasteiger partial charge < -0.3 is 15.2 Å². The zero-order valence-corrected chi connectivity index (χ0v) is 21.1. The van der Waals surface area contributed by atoms with E-state index in [1.165, 1.54) is 0 Å². The van der Waals surface area contributed by atoms with Gasteiger partial charge in [-0.3, -0.25) is 19.8 Å². The number of imide groups is 1. The van der Waals surface area contributed by atoms with E-state index in [0.29, 0.717) is 24.3 Å². The lowest BCUT2D eigenvalue weighted by atomic mass is 10.0. The largest absolute Gasteiger partial charge is 0.490 e. The lowest BCUT2D eigenvalue weighted by Gasteiger charge is -2.25. The molecular weight excluding hydrogens is 519 g/mol. The van der Waals surface area contributed by atoms with Gasteiger partial charge in [-0.15, -0.1) is 0 Å². The third-order valence-corrected chi connectivity index (χ3v) is 5.90. The molecule has 2 heterocycles. The van der Waals surface area contributed by atoms with Crippen molar-refractivity contribution in [2.75, 3.05) is 6.54 Å². The molecule has 0 unspecified atom stereocenters. The average molecular weight is 548 g/mol. The molecule has 3 aromatic rings. The summed E-state index contributed by atoms with van der Waals surface area (Å²) in [4.78, 5) is 38.1. The van der Waals surface area contributed by atoms with E-state index in [1.807, 2.05) is 37.3 Å². The number of nitrogens with one attached hydrogen (secondary N) is 1. The number of hydrogen-bond acceptors (Lipinski definition) is 7. The van der Waals surface area contributed by atoms with Crippen LogP contribution in [-0.4, -0.2) is 56.9 Å². The Balaban J connectivity index is 0.000000532. The Morgan fingerprint density at radius 2 is 1.77 bits per heavy atom. The zero-order chi connectivity index (χ0) is 28.6. The van der Waals surface area contributed by atoms with Crippen molar-refractivity contribution in [2.45, 2.75) is 51.4 Å². The predicted molar refractivity (Wildman–Crippen MR) is 134 cm³/mol. The maximum atomic E-state index is 12.3. The number of para-hydroxylation sites is 1. The highest BCUT2D eigenvalue weighted by Gasteiger charge is 2.38. The van der Waals surface area contributed by atoms with Gasteiger partial charge in [-0.1, -0.05) is 36.8 Å². The number of ether oxygens (including phenoxy) is 1. The molecule has 1 aromatic heterocycles. The standard InChI is InChI=1S/C25H27N3O4.C2HF3O2/c1-17-14-19(21-6-2-3-7-22(21)27-17)16-32-20-11-9-18(10-12-20)15-24(29)28(31)25(30)23-8-4-5-13-26-23;3-2(4,5)1(6)7/h2-3,6-7,9-12,14,23,26,31H,4-5,8,13,15-16H2,1H3;(H,6,7)/t23-;/m1./s1. The van der Waals surface area contributed by atoms with Crippen LogP contribution >= 0.6 is 0 Å². The van der Waals surface area contributed by atoms with Crippen molar-refractivity contribution in [3.05, 3.63) is 71.4 Å². The summed E-state index contributed by atoms with van der Waals surface area (Å²) in [6.07, 6.45) is -2.62. The van der Waals surface area contributed by atoms with Crippen LogP contribution in [0.25, 0.3) is 10.9 Å². The van der Waals surface area contributed by atoms with Crippen molar-refractivity contribution in [1.29, 1.82) is 0 Å². The quantitative estimate of drug-likeness (QED) is 0.310. The van der Waals surface area contributed by atoms with Gasteiger partial charge in [0.1, 0.15) is 12.4 Å². The third-order valence-electron chi connectivity index (χ3n) is 5.90. The molecule has 1 atom stereocenters. The van der Waals surface area contributed by atoms with Crippen molar-refractivity contribution >= 4 is 28.7 Å². The third kappa shape index (κ3) is 8.48. The highest BCUT2D eigenvalue weighted by Crippen LogP contribution is 2.21. The van der Waals surface area contributed by atoms with Gasteiger partial charge in [0.25, 0.3) is 11.8 Å². The molecule has 208 valence electrons. The molecule has 0 aliphatic carbocycles. The first-order chi connectivity index (χ1) is 18.5. The van der Waals surface area contributed by atoms with E-state index < -0.39 is 30.0 Å². The van der Waals surface area contributed by atoms with Crippen LogP contribution in [0, 0.1) is 6.92 Å². The molecule has 1 aliphatic heterocycles. The second kappa shape index (κ2) is 13.2. The van der Waals surface area contributed by atoms with Crippen LogP contribution in [0.3, 0.4) is 0 Å². The number of aryl methyl sites for hydroxylation is 1. The van der Waals surface area contributed by atoms with Crippen molar-refractivity contribution in [3.8, 4) is 5.75 Å². The number of hydroxylamine groups is 2. The summed E-state index contributed by atoms with van der Waals surface area (Å²) in [5.41, 5.74) is 3.61. The van der Waals surface area contributed by atoms with Crippen molar-refractivity contribution in [3.63, 3.8) is 0 Å². The molecule has 1 saturated heterocycles. The van der Waals surface area contributed by atoms with Gasteiger partial charge in [0.05, 0.1) is 18.0 Å². The van der Waals surface area contributed by atoms with E-state index >= 15 is 0 Å². The maximum Gasteiger partial charge on any atom is 0.490 e. The first-order valence-electron chi connectivity index (χ1n) is 12.1. The number of carboxylic acids is 1. The predicted octanol–water partition coefficient (Wildman–Crippen LogP) is 4.18. The number of amides is 2. The first kappa shape index (κ1) is 29.5. The Morgan fingerprint density at radius 3 is 2.38 bits per heavy atom. The minimum Gasteiger partial charge on any atom is -0.489 e. The van der Waals surface area contributed by atoms with Gasteiger partial charge in [0.15, 0.2) is 0 Å². The Kier molecular flexibility index (Phi) is 9.96. The zero-order valence-electron chi connectivity index (χ0n) is 21.1. The summed E-state index contributed by atoms with van der Waals surface area (Å²) in [5, 5.41) is 21.5. The molecule has 12 heteroatoms. The first-order valence-corrected chi connectivity index (χ1v) is 12.1. The van der Waals surface area contributed by atoms with Crippen LogP contribution in [0.2, 0.25) is 0 Å². The fraction of sp³-hybridized carbons (Fsp3) is 0.333. The van der Waals surface area contributed by atoms with Crippen molar-refractivity contribution in [2.24, 2.45) is 0 Å². The van der Waals surface area contributed by atoms with Crippen LogP contribution in [0.15, 0.2) is 54.6 Å². The van der Waals surface area contributed by atoms with Gasteiger partial charge in [-0.05, 0) is 56.1 Å². The number of fused-ring (bicyclic) bond motifs is 1. The maximum absolute atomic E-state index is 12.3. The SMILES string of the molecule is Cc1cc(COc2ccc(CC(=O)N(O)C(=O)[C@H]3CCCCN3)cc2)c2ccccc2n1.O=C(O)C(F)(F)F. The van der Waals surface area contributed by atoms with E-state index in [9.17, 15) is 28.0 Å². The number of rotatable bonds is 6. The van der Waals surface area contributed by atoms with Gasteiger partial charge in [0.2, 0.25) is 0 Å². The summed E-state index contributed by atoms with van der Waals surface area (Å²) in [5.74, 6) is -3.32. The molecule has 0 radical (unpaired) electrons. The normalized spacial score (nSPS) is 15.2. The van der Waals surface area contributed by atoms with E-state index in [1.54, 1.807) is 24.3 Å². The fourth-order valence-electron chi connectivity index (χ4n) is 3.96. The number of carboxylic acid groups (broad SMARTS) is 1. The summed E-state index contributed by atoms with van der Waals surface area (Å²) in [7, 11) is 0. The number of pyridine rings is 1. The van der Waals surface area contributed by atoms with Crippen LogP contribution < -0.4 is 10.1 Å². The molecular formula is C27H28F3N3O6. The van der Waals surface area contributed by atoms with E-state index in [4.69, 9.17) is 14.6 Å². The van der Waals surface area contributed by atoms with E-state index in [-0.39, 0.29) is 11.5 Å². The Morgan fingerprint density at radius 1 is 1.10 bits per heavy atom. The highest BCUT2D eigenvalue weighted by atomic mass is 19.4. The number of carbonyl (C=O) groups is 3. The monoisotopic (exact) mass is 547 g/mol. The lowest BCUT2D eigenvalue weighted by Crippen LogP contribution is -2.49. The molecule has 1 fully saturated rings. The molecule has 39 heavy (non-hydrogen) atoms. The van der Waals surface area contributed by atoms with Crippen molar-refractivity contribution < 1.29 is 42.6 Å². The number of nitrogens with zero attached hydrogens (tertiary/aromatic N) is 2. The van der Waals surface area contributed by atoms with Crippen LogP contribution in [0.1, 0.15) is 36.1 Å². The minimum atomic E-state index is -5.08. The summed E-state index contributed by atoms with van der Waals surface area (Å²) in [6.45, 7) is 3.07. The average Bonchev–Trinajstić information content (AvgIpc) is 2.91. The molecule has 0 saturated carbocycles. The molecule has 2 aromatic carbocycles. The number of alkyl halides is 3. The number of benzene rings is 2. The number of aromatic nitrogens is 1. The number of piperidine rings is 1. The molecule has 0 spiro atoms. The number of aliphatic carboxylic acids is 1. The number of halogens is 3. The van der Waals surface area contributed by atoms with Gasteiger partial charge in [-0.25, -0.2) is 4.79 Å². The number of carbonyl (C=O) groups excluding carboxylic acids is 2. The van der Waals surface area contributed by atoms with Crippen LogP contribution in [0.5, 0.6) is 5.75 Å². The van der Waals surface area contributed by atoms with Gasteiger partial charge in [-0.2, -0.15) is 18.2 Å². The highest BCUT2D eigenvalue weighted by molar-refractivity contribution is 5.97. The Bertz CT molecular complexity index is 1310. The summed E-state index contributed by atoms with van der Waals surface area (Å²) < 4.78 is 37.7. The van der Waals surface area contributed by atoms with E-state index in [0.717, 1.165) is 41.5 Å². The minimum absolute atomic E-state index is 0.0660. The van der Waals surface area contributed by atoms with Gasteiger partial charge in [0, 0.05) is 16.6 Å². The topological polar surface area (TPSA) is 129 Å². The molecule has 3 N–H and O–H groups in total. The molecule has 0 bridgehead atoms. The van der Waals surface area contributed by atoms with Crippen LogP contribution in [-0.2, 0) is 27.4 Å². The summed E-state index contributed by atoms with van der Waals surface area (Å²) >= 11 is 0. The molecule has 2 amide bonds. The molecule has 4 rings (SSSR count). The Labute approximate surface area is 222 Å². The lowest BCUT2D eigenvalue weighted by molar-refractivity contribution is -0.192. The Hall–Kier alpha value is -4.03. The smallest absolute Gasteiger partial charge is 0.489 e. The second-order valence-electron chi connectivity index (χ2n) is 8.90. The van der Waals surface area contributed by atoms with Gasteiger partial charge >= 0.3 is 12.1 Å². The number of hydrogen-bond donors (Lipinski definition) is 3. The molecule has 9 nitrogen and oxygen atoms in total. The van der Waals surface area contributed by atoms with Crippen molar-refractivity contribution in [1.82, 2.24) is 15.4 Å². The van der Waals surface area contributed by atoms with Crippen LogP contribution in [0.4, 0.5) is 13.2 Å².